The normalized spacial score (nSPS) is 14.8. The lowest BCUT2D eigenvalue weighted by molar-refractivity contribution is -0.135. The second kappa shape index (κ2) is 6.95. The molecule has 0 aliphatic carbocycles. The Morgan fingerprint density at radius 1 is 1.23 bits per heavy atom. The number of rotatable bonds is 5. The summed E-state index contributed by atoms with van der Waals surface area (Å²) in [6.07, 6.45) is -0.0214. The first kappa shape index (κ1) is 17.6. The summed E-state index contributed by atoms with van der Waals surface area (Å²) in [5.74, 6) is -1.61. The van der Waals surface area contributed by atoms with Crippen LogP contribution in [0.2, 0.25) is 0 Å². The number of hydrogen-bond donors (Lipinski definition) is 1. The van der Waals surface area contributed by atoms with Crippen molar-refractivity contribution < 1.29 is 23.5 Å². The number of fused-ring (bicyclic) bond motifs is 1. The van der Waals surface area contributed by atoms with E-state index in [1.54, 1.807) is 30.3 Å². The molecule has 3 amide bonds. The Balaban J connectivity index is 1.78. The zero-order valence-electron chi connectivity index (χ0n) is 14.1. The molecule has 1 atom stereocenters. The predicted molar refractivity (Wildman–Crippen MR) is 90.7 cm³/mol. The second-order valence-electron chi connectivity index (χ2n) is 6.06. The van der Waals surface area contributed by atoms with Crippen molar-refractivity contribution in [3.63, 3.8) is 0 Å². The van der Waals surface area contributed by atoms with E-state index in [1.807, 2.05) is 0 Å². The van der Waals surface area contributed by atoms with Crippen molar-refractivity contribution in [2.75, 3.05) is 0 Å². The molecule has 26 heavy (non-hydrogen) atoms. The fourth-order valence-corrected chi connectivity index (χ4v) is 2.77. The van der Waals surface area contributed by atoms with E-state index in [1.165, 1.54) is 19.1 Å². The fourth-order valence-electron chi connectivity index (χ4n) is 2.77. The van der Waals surface area contributed by atoms with Gasteiger partial charge in [-0.15, -0.1) is 0 Å². The van der Waals surface area contributed by atoms with Crippen LogP contribution in [0.1, 0.15) is 28.4 Å². The minimum absolute atomic E-state index is 0.0214. The number of carbonyl (C=O) groups excluding carboxylic acids is 3. The summed E-state index contributed by atoms with van der Waals surface area (Å²) in [4.78, 5) is 37.0. The Hall–Kier alpha value is -3.22. The summed E-state index contributed by atoms with van der Waals surface area (Å²) >= 11 is 0. The van der Waals surface area contributed by atoms with Gasteiger partial charge in [0.1, 0.15) is 24.2 Å². The summed E-state index contributed by atoms with van der Waals surface area (Å²) < 4.78 is 18.6. The molecular weight excluding hydrogens is 339 g/mol. The number of halogens is 1. The van der Waals surface area contributed by atoms with Gasteiger partial charge in [0.05, 0.1) is 6.42 Å². The SMILES string of the molecule is C[C@H](C(N)=O)N1C(=O)Cc2cc(OCc3ccc(F)cc3)ccc2C1=O. The molecule has 0 spiro atoms. The van der Waals surface area contributed by atoms with Crippen LogP contribution in [-0.4, -0.2) is 28.7 Å². The van der Waals surface area contributed by atoms with E-state index >= 15 is 0 Å². The molecule has 0 fully saturated rings. The average Bonchev–Trinajstić information content (AvgIpc) is 2.60. The first-order valence-electron chi connectivity index (χ1n) is 8.02. The van der Waals surface area contributed by atoms with Gasteiger partial charge >= 0.3 is 0 Å². The van der Waals surface area contributed by atoms with Crippen LogP contribution >= 0.6 is 0 Å². The molecule has 0 saturated heterocycles. The van der Waals surface area contributed by atoms with E-state index < -0.39 is 23.8 Å². The predicted octanol–water partition coefficient (Wildman–Crippen LogP) is 1.80. The first-order valence-corrected chi connectivity index (χ1v) is 8.02. The van der Waals surface area contributed by atoms with Crippen molar-refractivity contribution >= 4 is 17.7 Å². The highest BCUT2D eigenvalue weighted by Gasteiger charge is 2.36. The molecule has 0 saturated carbocycles. The molecule has 1 aliphatic rings. The molecule has 2 N–H and O–H groups in total. The van der Waals surface area contributed by atoms with Crippen molar-refractivity contribution in [1.29, 1.82) is 0 Å². The third kappa shape index (κ3) is 3.42. The Labute approximate surface area is 149 Å². The van der Waals surface area contributed by atoms with Crippen molar-refractivity contribution in [1.82, 2.24) is 4.90 Å². The number of hydrogen-bond acceptors (Lipinski definition) is 4. The molecule has 2 aromatic carbocycles. The lowest BCUT2D eigenvalue weighted by Gasteiger charge is -2.30. The number of benzene rings is 2. The summed E-state index contributed by atoms with van der Waals surface area (Å²) in [5, 5.41) is 0. The lowest BCUT2D eigenvalue weighted by atomic mass is 9.97. The Morgan fingerprint density at radius 2 is 1.92 bits per heavy atom. The van der Waals surface area contributed by atoms with Gasteiger partial charge in [-0.25, -0.2) is 4.39 Å². The van der Waals surface area contributed by atoms with Crippen molar-refractivity contribution in [3.8, 4) is 5.75 Å². The van der Waals surface area contributed by atoms with Crippen LogP contribution in [0, 0.1) is 5.82 Å². The molecular formula is C19H17FN2O4. The number of nitrogens with zero attached hydrogens (tertiary/aromatic N) is 1. The first-order chi connectivity index (χ1) is 12.4. The second-order valence-corrected chi connectivity index (χ2v) is 6.06. The van der Waals surface area contributed by atoms with Gasteiger partial charge in [-0.3, -0.25) is 19.3 Å². The van der Waals surface area contributed by atoms with Gasteiger partial charge in [0.15, 0.2) is 0 Å². The highest BCUT2D eigenvalue weighted by molar-refractivity contribution is 6.12. The highest BCUT2D eigenvalue weighted by Crippen LogP contribution is 2.26. The minimum atomic E-state index is -1.00. The number of amides is 3. The van der Waals surface area contributed by atoms with Crippen molar-refractivity contribution in [3.05, 3.63) is 65.0 Å². The molecule has 0 bridgehead atoms. The number of primary amides is 1. The van der Waals surface area contributed by atoms with E-state index in [-0.39, 0.29) is 18.8 Å². The molecule has 3 rings (SSSR count). The van der Waals surface area contributed by atoms with Gasteiger partial charge < -0.3 is 10.5 Å². The smallest absolute Gasteiger partial charge is 0.261 e. The van der Waals surface area contributed by atoms with Crippen LogP contribution in [0.5, 0.6) is 5.75 Å². The summed E-state index contributed by atoms with van der Waals surface area (Å²) in [5.41, 5.74) is 6.87. The monoisotopic (exact) mass is 356 g/mol. The Bertz CT molecular complexity index is 880. The maximum atomic E-state index is 12.9. The molecule has 2 aromatic rings. The van der Waals surface area contributed by atoms with Gasteiger partial charge in [0.25, 0.3) is 5.91 Å². The largest absolute Gasteiger partial charge is 0.489 e. The van der Waals surface area contributed by atoms with E-state index in [0.29, 0.717) is 16.9 Å². The molecule has 0 unspecified atom stereocenters. The van der Waals surface area contributed by atoms with E-state index in [2.05, 4.69) is 0 Å². The molecule has 1 aliphatic heterocycles. The maximum absolute atomic E-state index is 12.9. The summed E-state index contributed by atoms with van der Waals surface area (Å²) in [6.45, 7) is 1.65. The molecule has 1 heterocycles. The number of imide groups is 1. The van der Waals surface area contributed by atoms with E-state index in [0.717, 1.165) is 10.5 Å². The Morgan fingerprint density at radius 3 is 2.58 bits per heavy atom. The summed E-state index contributed by atoms with van der Waals surface area (Å²) in [6, 6.07) is 9.72. The number of nitrogens with two attached hydrogens (primary N) is 1. The van der Waals surface area contributed by atoms with Crippen molar-refractivity contribution in [2.45, 2.75) is 26.0 Å². The van der Waals surface area contributed by atoms with Gasteiger partial charge in [0.2, 0.25) is 11.8 Å². The van der Waals surface area contributed by atoms with Gasteiger partial charge in [-0.1, -0.05) is 12.1 Å². The number of carbonyl (C=O) groups is 3. The Kier molecular flexibility index (Phi) is 4.71. The van der Waals surface area contributed by atoms with Crippen LogP contribution in [0.3, 0.4) is 0 Å². The van der Waals surface area contributed by atoms with Gasteiger partial charge in [-0.05, 0) is 48.4 Å². The average molecular weight is 356 g/mol. The van der Waals surface area contributed by atoms with Crippen LogP contribution < -0.4 is 10.5 Å². The third-order valence-electron chi connectivity index (χ3n) is 4.25. The summed E-state index contributed by atoms with van der Waals surface area (Å²) in [7, 11) is 0. The molecule has 7 heteroatoms. The van der Waals surface area contributed by atoms with Crippen LogP contribution in [-0.2, 0) is 22.6 Å². The van der Waals surface area contributed by atoms with E-state index in [9.17, 15) is 18.8 Å². The van der Waals surface area contributed by atoms with Gasteiger partial charge in [-0.2, -0.15) is 0 Å². The number of ether oxygens (including phenoxy) is 1. The maximum Gasteiger partial charge on any atom is 0.261 e. The molecule has 0 radical (unpaired) electrons. The molecule has 0 aromatic heterocycles. The standard InChI is InChI=1S/C19H17FN2O4/c1-11(18(21)24)22-17(23)9-13-8-15(6-7-16(13)19(22)25)26-10-12-2-4-14(20)5-3-12/h2-8,11H,9-10H2,1H3,(H2,21,24)/t11-/m1/s1. The topological polar surface area (TPSA) is 89.7 Å². The molecule has 134 valence electrons. The quantitative estimate of drug-likeness (QED) is 0.828. The van der Waals surface area contributed by atoms with Gasteiger partial charge in [0, 0.05) is 5.56 Å². The zero-order chi connectivity index (χ0) is 18.8. The highest BCUT2D eigenvalue weighted by atomic mass is 19.1. The fraction of sp³-hybridized carbons (Fsp3) is 0.211. The van der Waals surface area contributed by atoms with E-state index in [4.69, 9.17) is 10.5 Å². The van der Waals surface area contributed by atoms with Crippen LogP contribution in [0.15, 0.2) is 42.5 Å². The zero-order valence-corrected chi connectivity index (χ0v) is 14.1. The minimum Gasteiger partial charge on any atom is -0.489 e. The third-order valence-corrected chi connectivity index (χ3v) is 4.25. The lowest BCUT2D eigenvalue weighted by Crippen LogP contribution is -2.52. The van der Waals surface area contributed by atoms with Crippen molar-refractivity contribution in [2.24, 2.45) is 5.73 Å². The molecule has 6 nitrogen and oxygen atoms in total. The van der Waals surface area contributed by atoms with Crippen LogP contribution in [0.4, 0.5) is 4.39 Å². The van der Waals surface area contributed by atoms with Crippen LogP contribution in [0.25, 0.3) is 0 Å².